The first-order valence-corrected chi connectivity index (χ1v) is 7.99. The number of hydrogen-bond donors (Lipinski definition) is 1. The third-order valence-corrected chi connectivity index (χ3v) is 4.30. The summed E-state index contributed by atoms with van der Waals surface area (Å²) in [6.45, 7) is 0. The van der Waals surface area contributed by atoms with Crippen LogP contribution in [0.3, 0.4) is 0 Å². The highest BCUT2D eigenvalue weighted by Crippen LogP contribution is 2.38. The van der Waals surface area contributed by atoms with Crippen molar-refractivity contribution in [3.8, 4) is 0 Å². The van der Waals surface area contributed by atoms with Crippen LogP contribution in [0.25, 0.3) is 11.6 Å². The van der Waals surface area contributed by atoms with Crippen LogP contribution < -0.4 is 5.32 Å². The van der Waals surface area contributed by atoms with Crippen LogP contribution in [0.1, 0.15) is 16.7 Å². The quantitative estimate of drug-likeness (QED) is 0.623. The van der Waals surface area contributed by atoms with E-state index in [1.165, 1.54) is 6.07 Å². The molecule has 6 heteroatoms. The highest BCUT2D eigenvalue weighted by Gasteiger charge is 2.33. The molecule has 0 aromatic heterocycles. The molecule has 0 unspecified atom stereocenters. The maximum atomic E-state index is 12.7. The molecule has 1 amide bonds. The number of rotatable bonds is 2. The predicted octanol–water partition coefficient (Wildman–Crippen LogP) is 4.92. The van der Waals surface area contributed by atoms with E-state index in [4.69, 9.17) is 0 Å². The standard InChI is InChI=1S/C17H12F3NOS/c1-23-12-5-2-10(3-6-12)8-14-13-7-4-11(17(18,19)20)9-15(13)21-16(14)22/h2-9H,1H3,(H,21,22)/b14-8-. The number of fused-ring (bicyclic) bond motifs is 1. The average molecular weight is 335 g/mol. The number of halogens is 3. The van der Waals surface area contributed by atoms with Crippen molar-refractivity contribution in [3.63, 3.8) is 0 Å². The van der Waals surface area contributed by atoms with Crippen LogP contribution in [0.15, 0.2) is 47.4 Å². The molecular weight excluding hydrogens is 323 g/mol. The Balaban J connectivity index is 1.99. The van der Waals surface area contributed by atoms with Gasteiger partial charge >= 0.3 is 6.18 Å². The zero-order valence-corrected chi connectivity index (χ0v) is 12.9. The molecule has 2 nitrogen and oxygen atoms in total. The molecule has 23 heavy (non-hydrogen) atoms. The molecular formula is C17H12F3NOS. The molecule has 118 valence electrons. The molecule has 0 saturated heterocycles. The average Bonchev–Trinajstić information content (AvgIpc) is 2.82. The van der Waals surface area contributed by atoms with Gasteiger partial charge < -0.3 is 5.32 Å². The van der Waals surface area contributed by atoms with Crippen LogP contribution in [0.4, 0.5) is 18.9 Å². The van der Waals surface area contributed by atoms with Gasteiger partial charge in [0.15, 0.2) is 0 Å². The SMILES string of the molecule is CSc1ccc(/C=C2\C(=O)Nc3cc(C(F)(F)F)ccc32)cc1. The molecule has 0 bridgehead atoms. The number of alkyl halides is 3. The molecule has 1 heterocycles. The van der Waals surface area contributed by atoms with Gasteiger partial charge in [0.1, 0.15) is 0 Å². The van der Waals surface area contributed by atoms with Gasteiger partial charge in [-0.25, -0.2) is 0 Å². The van der Waals surface area contributed by atoms with Gasteiger partial charge in [0.25, 0.3) is 5.91 Å². The lowest BCUT2D eigenvalue weighted by Gasteiger charge is -2.08. The molecule has 1 aliphatic rings. The van der Waals surface area contributed by atoms with E-state index < -0.39 is 17.6 Å². The van der Waals surface area contributed by atoms with Crippen LogP contribution in [-0.4, -0.2) is 12.2 Å². The second-order valence-corrected chi connectivity index (χ2v) is 5.92. The van der Waals surface area contributed by atoms with E-state index >= 15 is 0 Å². The molecule has 2 aromatic rings. The summed E-state index contributed by atoms with van der Waals surface area (Å²) in [5, 5.41) is 2.49. The lowest BCUT2D eigenvalue weighted by Crippen LogP contribution is -2.06. The molecule has 0 saturated carbocycles. The Kier molecular flexibility index (Phi) is 3.93. The molecule has 0 fully saturated rings. The van der Waals surface area contributed by atoms with E-state index in [0.29, 0.717) is 11.1 Å². The number of carbonyl (C=O) groups is 1. The third-order valence-electron chi connectivity index (χ3n) is 3.56. The minimum Gasteiger partial charge on any atom is -0.321 e. The smallest absolute Gasteiger partial charge is 0.321 e. The van der Waals surface area contributed by atoms with Gasteiger partial charge in [0, 0.05) is 21.7 Å². The first-order chi connectivity index (χ1) is 10.9. The van der Waals surface area contributed by atoms with Crippen molar-refractivity contribution in [2.24, 2.45) is 0 Å². The zero-order chi connectivity index (χ0) is 16.6. The highest BCUT2D eigenvalue weighted by molar-refractivity contribution is 7.98. The van der Waals surface area contributed by atoms with E-state index in [0.717, 1.165) is 22.6 Å². The molecule has 0 radical (unpaired) electrons. The molecule has 0 aliphatic carbocycles. The van der Waals surface area contributed by atoms with Crippen molar-refractivity contribution < 1.29 is 18.0 Å². The molecule has 2 aromatic carbocycles. The second kappa shape index (κ2) is 5.77. The summed E-state index contributed by atoms with van der Waals surface area (Å²) >= 11 is 1.61. The van der Waals surface area contributed by atoms with E-state index in [9.17, 15) is 18.0 Å². The Morgan fingerprint density at radius 1 is 1.09 bits per heavy atom. The highest BCUT2D eigenvalue weighted by atomic mass is 32.2. The Bertz CT molecular complexity index is 794. The third kappa shape index (κ3) is 3.12. The van der Waals surface area contributed by atoms with Gasteiger partial charge in [-0.3, -0.25) is 4.79 Å². The predicted molar refractivity (Wildman–Crippen MR) is 86.2 cm³/mol. The minimum atomic E-state index is -4.43. The number of benzene rings is 2. The number of nitrogens with one attached hydrogen (secondary N) is 1. The van der Waals surface area contributed by atoms with E-state index in [2.05, 4.69) is 5.32 Å². The monoisotopic (exact) mass is 335 g/mol. The fourth-order valence-electron chi connectivity index (χ4n) is 2.38. The number of thioether (sulfide) groups is 1. The Labute approximate surface area is 135 Å². The van der Waals surface area contributed by atoms with Crippen LogP contribution in [0, 0.1) is 0 Å². The summed E-state index contributed by atoms with van der Waals surface area (Å²) in [6.07, 6.45) is -0.787. The number of anilines is 1. The van der Waals surface area contributed by atoms with Crippen molar-refractivity contribution in [1.82, 2.24) is 0 Å². The fourth-order valence-corrected chi connectivity index (χ4v) is 2.79. The van der Waals surface area contributed by atoms with Gasteiger partial charge in [0.05, 0.1) is 5.56 Å². The van der Waals surface area contributed by atoms with Gasteiger partial charge in [-0.2, -0.15) is 13.2 Å². The van der Waals surface area contributed by atoms with Crippen LogP contribution >= 0.6 is 11.8 Å². The van der Waals surface area contributed by atoms with E-state index in [1.807, 2.05) is 30.5 Å². The van der Waals surface area contributed by atoms with Crippen molar-refractivity contribution in [1.29, 1.82) is 0 Å². The molecule has 0 atom stereocenters. The van der Waals surface area contributed by atoms with Crippen LogP contribution in [-0.2, 0) is 11.0 Å². The molecule has 3 rings (SSSR count). The zero-order valence-electron chi connectivity index (χ0n) is 12.1. The normalized spacial score (nSPS) is 15.7. The van der Waals surface area contributed by atoms with E-state index in [1.54, 1.807) is 17.8 Å². The Hall–Kier alpha value is -2.21. The van der Waals surface area contributed by atoms with Crippen molar-refractivity contribution in [2.75, 3.05) is 11.6 Å². The second-order valence-electron chi connectivity index (χ2n) is 5.04. The minimum absolute atomic E-state index is 0.191. The molecule has 1 N–H and O–H groups in total. The van der Waals surface area contributed by atoms with Crippen molar-refractivity contribution >= 4 is 35.0 Å². The van der Waals surface area contributed by atoms with Gasteiger partial charge in [0.2, 0.25) is 0 Å². The Morgan fingerprint density at radius 2 is 1.78 bits per heavy atom. The Morgan fingerprint density at radius 3 is 2.39 bits per heavy atom. The topological polar surface area (TPSA) is 29.1 Å². The summed E-state index contributed by atoms with van der Waals surface area (Å²) in [5.41, 5.74) is 1.09. The summed E-state index contributed by atoms with van der Waals surface area (Å²) in [5.74, 6) is -0.395. The lowest BCUT2D eigenvalue weighted by molar-refractivity contribution is -0.137. The molecule has 0 spiro atoms. The van der Waals surface area contributed by atoms with Crippen LogP contribution in [0.5, 0.6) is 0 Å². The summed E-state index contributed by atoms with van der Waals surface area (Å²) in [4.78, 5) is 13.2. The number of amides is 1. The first-order valence-electron chi connectivity index (χ1n) is 6.77. The number of carbonyl (C=O) groups excluding carboxylic acids is 1. The number of hydrogen-bond acceptors (Lipinski definition) is 2. The van der Waals surface area contributed by atoms with Gasteiger partial charge in [-0.1, -0.05) is 18.2 Å². The lowest BCUT2D eigenvalue weighted by atomic mass is 10.0. The van der Waals surface area contributed by atoms with Crippen LogP contribution in [0.2, 0.25) is 0 Å². The summed E-state index contributed by atoms with van der Waals surface area (Å²) in [7, 11) is 0. The van der Waals surface area contributed by atoms with Crippen molar-refractivity contribution in [3.05, 3.63) is 59.2 Å². The maximum Gasteiger partial charge on any atom is 0.416 e. The van der Waals surface area contributed by atoms with Crippen molar-refractivity contribution in [2.45, 2.75) is 11.1 Å². The van der Waals surface area contributed by atoms with Gasteiger partial charge in [-0.15, -0.1) is 11.8 Å². The largest absolute Gasteiger partial charge is 0.416 e. The maximum absolute atomic E-state index is 12.7. The summed E-state index contributed by atoms with van der Waals surface area (Å²) in [6, 6.07) is 10.9. The summed E-state index contributed by atoms with van der Waals surface area (Å²) < 4.78 is 38.2. The van der Waals surface area contributed by atoms with E-state index in [-0.39, 0.29) is 5.69 Å². The first kappa shape index (κ1) is 15.7. The van der Waals surface area contributed by atoms with Gasteiger partial charge in [-0.05, 0) is 42.2 Å². The fraction of sp³-hybridized carbons (Fsp3) is 0.118. The molecule has 1 aliphatic heterocycles.